The number of aromatic nitrogens is 2. The van der Waals surface area contributed by atoms with Gasteiger partial charge in [0.05, 0.1) is 0 Å². The average Bonchev–Trinajstić information content (AvgIpc) is 2.63. The number of nitrogens with zero attached hydrogens (tertiary/aromatic N) is 2. The van der Waals surface area contributed by atoms with E-state index in [9.17, 15) is 4.79 Å². The third-order valence-electron chi connectivity index (χ3n) is 3.79. The first-order valence-electron chi connectivity index (χ1n) is 6.04. The molecule has 0 amide bonds. The third-order valence-corrected chi connectivity index (χ3v) is 3.79. The summed E-state index contributed by atoms with van der Waals surface area (Å²) in [6.45, 7) is 4.41. The quantitative estimate of drug-likeness (QED) is 0.718. The molecule has 0 bridgehead atoms. The second kappa shape index (κ2) is 4.04. The molecule has 0 aliphatic heterocycles. The highest BCUT2D eigenvalue weighted by molar-refractivity contribution is 5.96. The molecule has 1 aliphatic rings. The minimum absolute atomic E-state index is 0.132. The molecule has 1 aromatic rings. The number of ketones is 1. The van der Waals surface area contributed by atoms with Crippen molar-refractivity contribution in [3.05, 3.63) is 18.0 Å². The van der Waals surface area contributed by atoms with Gasteiger partial charge in [-0.05, 0) is 24.3 Å². The van der Waals surface area contributed by atoms with E-state index < -0.39 is 0 Å². The topological polar surface area (TPSA) is 34.9 Å². The Labute approximate surface area is 96.8 Å². The lowest BCUT2D eigenvalue weighted by Crippen LogP contribution is -2.34. The van der Waals surface area contributed by atoms with Gasteiger partial charge in [0.25, 0.3) is 0 Å². The van der Waals surface area contributed by atoms with Gasteiger partial charge in [-0.3, -0.25) is 9.48 Å². The van der Waals surface area contributed by atoms with E-state index in [0.717, 1.165) is 12.8 Å². The maximum atomic E-state index is 12.4. The number of carbonyl (C=O) groups is 1. The number of hydrogen-bond acceptors (Lipinski definition) is 2. The van der Waals surface area contributed by atoms with Crippen LogP contribution in [0, 0.1) is 11.3 Å². The van der Waals surface area contributed by atoms with Crippen LogP contribution in [0.25, 0.3) is 0 Å². The lowest BCUT2D eigenvalue weighted by Gasteiger charge is -2.37. The molecule has 1 aromatic heterocycles. The number of aryl methyl sites for hydroxylation is 1. The third kappa shape index (κ3) is 2.04. The molecule has 3 nitrogen and oxygen atoms in total. The van der Waals surface area contributed by atoms with Crippen LogP contribution in [0.3, 0.4) is 0 Å². The molecule has 0 spiro atoms. The molecule has 0 radical (unpaired) electrons. The Bertz CT molecular complexity index is 392. The van der Waals surface area contributed by atoms with Gasteiger partial charge in [0.2, 0.25) is 0 Å². The summed E-state index contributed by atoms with van der Waals surface area (Å²) >= 11 is 0. The van der Waals surface area contributed by atoms with Crippen LogP contribution in [-0.2, 0) is 7.05 Å². The number of carbonyl (C=O) groups excluding carboxylic acids is 1. The summed E-state index contributed by atoms with van der Waals surface area (Å²) < 4.78 is 1.70. The van der Waals surface area contributed by atoms with Crippen LogP contribution in [-0.4, -0.2) is 15.6 Å². The van der Waals surface area contributed by atoms with Crippen LogP contribution in [0.4, 0.5) is 0 Å². The summed E-state index contributed by atoms with van der Waals surface area (Å²) in [5.74, 6) is 0.376. The molecule has 1 heterocycles. The monoisotopic (exact) mass is 220 g/mol. The molecule has 1 aliphatic carbocycles. The lowest BCUT2D eigenvalue weighted by molar-refractivity contribution is 0.0691. The van der Waals surface area contributed by atoms with Crippen molar-refractivity contribution in [2.24, 2.45) is 18.4 Å². The van der Waals surface area contributed by atoms with Crippen molar-refractivity contribution in [1.29, 1.82) is 0 Å². The van der Waals surface area contributed by atoms with Crippen molar-refractivity contribution >= 4 is 5.78 Å². The Balaban J connectivity index is 2.20. The van der Waals surface area contributed by atoms with Crippen LogP contribution in [0.15, 0.2) is 12.3 Å². The summed E-state index contributed by atoms with van der Waals surface area (Å²) in [5.41, 5.74) is 0.759. The van der Waals surface area contributed by atoms with Crippen molar-refractivity contribution in [2.45, 2.75) is 39.5 Å². The summed E-state index contributed by atoms with van der Waals surface area (Å²) in [7, 11) is 1.85. The molecule has 2 rings (SSSR count). The number of Topliss-reactive ketones (excluding diaryl/α,β-unsaturated/α-hetero) is 1. The van der Waals surface area contributed by atoms with Crippen LogP contribution in [0.1, 0.15) is 50.0 Å². The van der Waals surface area contributed by atoms with E-state index in [2.05, 4.69) is 18.9 Å². The summed E-state index contributed by atoms with van der Waals surface area (Å²) in [4.78, 5) is 12.4. The summed E-state index contributed by atoms with van der Waals surface area (Å²) in [6, 6.07) is 1.83. The fraction of sp³-hybridized carbons (Fsp3) is 0.692. The predicted molar refractivity (Wildman–Crippen MR) is 63.3 cm³/mol. The van der Waals surface area contributed by atoms with E-state index in [1.165, 1.54) is 12.8 Å². The Hall–Kier alpha value is -1.12. The van der Waals surface area contributed by atoms with Crippen molar-refractivity contribution in [1.82, 2.24) is 9.78 Å². The predicted octanol–water partition coefficient (Wildman–Crippen LogP) is 2.82. The van der Waals surface area contributed by atoms with Crippen molar-refractivity contribution in [3.8, 4) is 0 Å². The molecular weight excluding hydrogens is 200 g/mol. The molecule has 0 N–H and O–H groups in total. The van der Waals surface area contributed by atoms with Crippen LogP contribution in [0.2, 0.25) is 0 Å². The molecular formula is C13H20N2O. The fourth-order valence-electron chi connectivity index (χ4n) is 2.71. The zero-order chi connectivity index (χ0) is 11.8. The Morgan fingerprint density at radius 3 is 2.81 bits per heavy atom. The zero-order valence-corrected chi connectivity index (χ0v) is 10.4. The molecule has 1 atom stereocenters. The van der Waals surface area contributed by atoms with E-state index in [1.807, 2.05) is 19.3 Å². The van der Waals surface area contributed by atoms with Crippen LogP contribution >= 0.6 is 0 Å². The average molecular weight is 220 g/mol. The SMILES string of the molecule is Cn1ccc(C(=O)C2CCCCC2(C)C)n1. The number of hydrogen-bond donors (Lipinski definition) is 0. The highest BCUT2D eigenvalue weighted by Gasteiger charge is 2.38. The fourth-order valence-corrected chi connectivity index (χ4v) is 2.71. The normalized spacial score (nSPS) is 24.3. The highest BCUT2D eigenvalue weighted by atomic mass is 16.1. The van der Waals surface area contributed by atoms with Crippen LogP contribution < -0.4 is 0 Å². The van der Waals surface area contributed by atoms with Crippen molar-refractivity contribution in [3.63, 3.8) is 0 Å². The Kier molecular flexibility index (Phi) is 2.87. The smallest absolute Gasteiger partial charge is 0.186 e. The van der Waals surface area contributed by atoms with Crippen molar-refractivity contribution in [2.75, 3.05) is 0 Å². The summed E-state index contributed by atoms with van der Waals surface area (Å²) in [5, 5.41) is 4.22. The van der Waals surface area contributed by atoms with E-state index >= 15 is 0 Å². The largest absolute Gasteiger partial charge is 0.292 e. The maximum Gasteiger partial charge on any atom is 0.186 e. The first kappa shape index (κ1) is 11.4. The van der Waals surface area contributed by atoms with Gasteiger partial charge < -0.3 is 0 Å². The summed E-state index contributed by atoms with van der Waals surface area (Å²) in [6.07, 6.45) is 6.42. The lowest BCUT2D eigenvalue weighted by atomic mass is 9.67. The first-order valence-corrected chi connectivity index (χ1v) is 6.04. The second-order valence-electron chi connectivity index (χ2n) is 5.53. The van der Waals surface area contributed by atoms with Gasteiger partial charge in [-0.15, -0.1) is 0 Å². The van der Waals surface area contributed by atoms with Crippen LogP contribution in [0.5, 0.6) is 0 Å². The second-order valence-corrected chi connectivity index (χ2v) is 5.53. The molecule has 1 fully saturated rings. The van der Waals surface area contributed by atoms with E-state index in [-0.39, 0.29) is 17.1 Å². The molecule has 88 valence electrons. The molecule has 0 aromatic carbocycles. The molecule has 1 saturated carbocycles. The highest BCUT2D eigenvalue weighted by Crippen LogP contribution is 2.41. The Morgan fingerprint density at radius 2 is 2.25 bits per heavy atom. The van der Waals surface area contributed by atoms with Gasteiger partial charge in [0.1, 0.15) is 5.69 Å². The Morgan fingerprint density at radius 1 is 1.50 bits per heavy atom. The molecule has 3 heteroatoms. The van der Waals surface area contributed by atoms with Gasteiger partial charge in [-0.25, -0.2) is 0 Å². The van der Waals surface area contributed by atoms with Gasteiger partial charge in [0, 0.05) is 19.2 Å². The standard InChI is InChI=1S/C13H20N2O/c1-13(2)8-5-4-6-10(13)12(16)11-7-9-15(3)14-11/h7,9-10H,4-6,8H2,1-3H3. The number of rotatable bonds is 2. The molecule has 16 heavy (non-hydrogen) atoms. The van der Waals surface area contributed by atoms with Gasteiger partial charge >= 0.3 is 0 Å². The minimum Gasteiger partial charge on any atom is -0.292 e. The van der Waals surface area contributed by atoms with Gasteiger partial charge in [-0.1, -0.05) is 26.7 Å². The van der Waals surface area contributed by atoms with E-state index in [4.69, 9.17) is 0 Å². The van der Waals surface area contributed by atoms with Crippen molar-refractivity contribution < 1.29 is 4.79 Å². The van der Waals surface area contributed by atoms with Gasteiger partial charge in [-0.2, -0.15) is 5.10 Å². The zero-order valence-electron chi connectivity index (χ0n) is 10.4. The van der Waals surface area contributed by atoms with E-state index in [1.54, 1.807) is 4.68 Å². The maximum absolute atomic E-state index is 12.4. The molecule has 0 saturated heterocycles. The minimum atomic E-state index is 0.132. The molecule has 1 unspecified atom stereocenters. The first-order chi connectivity index (χ1) is 7.50. The van der Waals surface area contributed by atoms with Gasteiger partial charge in [0.15, 0.2) is 5.78 Å². The van der Waals surface area contributed by atoms with E-state index in [0.29, 0.717) is 5.69 Å².